The molecule has 2 aliphatic rings. The number of hydrogen-bond acceptors (Lipinski definition) is 5. The summed E-state index contributed by atoms with van der Waals surface area (Å²) in [6, 6.07) is 3.55. The molecule has 8 heteroatoms. The SMILES string of the molecule is C[C@H](C(=O)NC(=O)NC1CCCCC1)N1CCN(Cc2ccc(Cl)s2)CC1. The number of urea groups is 1. The highest BCUT2D eigenvalue weighted by molar-refractivity contribution is 7.16. The maximum atomic E-state index is 12.4. The lowest BCUT2D eigenvalue weighted by molar-refractivity contribution is -0.125. The fraction of sp³-hybridized carbons (Fsp3) is 0.684. The van der Waals surface area contributed by atoms with Gasteiger partial charge in [0, 0.05) is 43.6 Å². The van der Waals surface area contributed by atoms with Crippen LogP contribution < -0.4 is 10.6 Å². The van der Waals surface area contributed by atoms with Crippen molar-refractivity contribution in [1.82, 2.24) is 20.4 Å². The summed E-state index contributed by atoms with van der Waals surface area (Å²) >= 11 is 7.61. The van der Waals surface area contributed by atoms with Crippen molar-refractivity contribution in [2.75, 3.05) is 26.2 Å². The first-order valence-corrected chi connectivity index (χ1v) is 11.0. The maximum absolute atomic E-state index is 12.4. The Balaban J connectivity index is 1.39. The van der Waals surface area contributed by atoms with Gasteiger partial charge in [0.05, 0.1) is 10.4 Å². The Morgan fingerprint density at radius 2 is 1.89 bits per heavy atom. The minimum atomic E-state index is -0.355. The van der Waals surface area contributed by atoms with Crippen LogP contribution in [0.3, 0.4) is 0 Å². The third-order valence-electron chi connectivity index (χ3n) is 5.52. The second-order valence-corrected chi connectivity index (χ2v) is 9.29. The Kier molecular flexibility index (Phi) is 7.52. The molecule has 3 rings (SSSR count). The number of imide groups is 1. The van der Waals surface area contributed by atoms with Gasteiger partial charge in [-0.1, -0.05) is 30.9 Å². The van der Waals surface area contributed by atoms with Gasteiger partial charge in [0.15, 0.2) is 0 Å². The third kappa shape index (κ3) is 6.17. The summed E-state index contributed by atoms with van der Waals surface area (Å²) in [5.74, 6) is -0.221. The predicted molar refractivity (Wildman–Crippen MR) is 109 cm³/mol. The van der Waals surface area contributed by atoms with Crippen LogP contribution in [0.1, 0.15) is 43.9 Å². The lowest BCUT2D eigenvalue weighted by Crippen LogP contribution is -2.55. The van der Waals surface area contributed by atoms with E-state index in [9.17, 15) is 9.59 Å². The van der Waals surface area contributed by atoms with Crippen molar-refractivity contribution in [1.29, 1.82) is 0 Å². The molecular weight excluding hydrogens is 384 g/mol. The van der Waals surface area contributed by atoms with Gasteiger partial charge >= 0.3 is 6.03 Å². The molecule has 0 radical (unpaired) electrons. The fourth-order valence-corrected chi connectivity index (χ4v) is 4.95. The van der Waals surface area contributed by atoms with Gasteiger partial charge in [-0.15, -0.1) is 11.3 Å². The minimum Gasteiger partial charge on any atom is -0.335 e. The van der Waals surface area contributed by atoms with Crippen LogP contribution in [0, 0.1) is 0 Å². The molecule has 2 heterocycles. The highest BCUT2D eigenvalue weighted by atomic mass is 35.5. The van der Waals surface area contributed by atoms with Crippen molar-refractivity contribution in [3.8, 4) is 0 Å². The molecule has 2 N–H and O–H groups in total. The molecule has 1 atom stereocenters. The van der Waals surface area contributed by atoms with Crippen LogP contribution in [0.25, 0.3) is 0 Å². The molecular formula is C19H29ClN4O2S. The van der Waals surface area contributed by atoms with E-state index in [0.29, 0.717) is 0 Å². The van der Waals surface area contributed by atoms with E-state index in [4.69, 9.17) is 11.6 Å². The number of hydrogen-bond donors (Lipinski definition) is 2. The van der Waals surface area contributed by atoms with Crippen LogP contribution in [-0.2, 0) is 11.3 Å². The zero-order valence-electron chi connectivity index (χ0n) is 15.9. The first-order valence-electron chi connectivity index (χ1n) is 9.83. The largest absolute Gasteiger partial charge is 0.335 e. The fourth-order valence-electron chi connectivity index (χ4n) is 3.82. The normalized spacial score (nSPS) is 21.0. The highest BCUT2D eigenvalue weighted by Gasteiger charge is 2.27. The third-order valence-corrected chi connectivity index (χ3v) is 6.74. The zero-order chi connectivity index (χ0) is 19.2. The van der Waals surface area contributed by atoms with Gasteiger partial charge in [-0.3, -0.25) is 19.9 Å². The molecule has 6 nitrogen and oxygen atoms in total. The van der Waals surface area contributed by atoms with Gasteiger partial charge in [0.1, 0.15) is 0 Å². The van der Waals surface area contributed by atoms with Gasteiger partial charge in [0.2, 0.25) is 5.91 Å². The molecule has 2 fully saturated rings. The molecule has 1 saturated heterocycles. The number of nitrogens with zero attached hydrogens (tertiary/aromatic N) is 2. The molecule has 150 valence electrons. The van der Waals surface area contributed by atoms with E-state index in [0.717, 1.165) is 62.7 Å². The van der Waals surface area contributed by atoms with Crippen molar-refractivity contribution in [2.45, 2.75) is 57.7 Å². The summed E-state index contributed by atoms with van der Waals surface area (Å²) < 4.78 is 0.820. The van der Waals surface area contributed by atoms with Gasteiger partial charge in [-0.25, -0.2) is 4.79 Å². The highest BCUT2D eigenvalue weighted by Crippen LogP contribution is 2.23. The van der Waals surface area contributed by atoms with Gasteiger partial charge < -0.3 is 5.32 Å². The number of amides is 3. The second kappa shape index (κ2) is 9.87. The smallest absolute Gasteiger partial charge is 0.321 e. The van der Waals surface area contributed by atoms with Crippen LogP contribution >= 0.6 is 22.9 Å². The van der Waals surface area contributed by atoms with E-state index in [2.05, 4.69) is 26.5 Å². The maximum Gasteiger partial charge on any atom is 0.321 e. The number of halogens is 1. The first-order chi connectivity index (χ1) is 13.0. The summed E-state index contributed by atoms with van der Waals surface area (Å²) in [4.78, 5) is 30.3. The van der Waals surface area contributed by atoms with Gasteiger partial charge in [-0.2, -0.15) is 0 Å². The van der Waals surface area contributed by atoms with Crippen molar-refractivity contribution in [3.05, 3.63) is 21.3 Å². The van der Waals surface area contributed by atoms with Crippen molar-refractivity contribution >= 4 is 34.9 Å². The van der Waals surface area contributed by atoms with Crippen LogP contribution in [0.2, 0.25) is 4.34 Å². The van der Waals surface area contributed by atoms with E-state index >= 15 is 0 Å². The average Bonchev–Trinajstić information content (AvgIpc) is 3.07. The summed E-state index contributed by atoms with van der Waals surface area (Å²) in [6.45, 7) is 6.21. The van der Waals surface area contributed by atoms with Crippen molar-refractivity contribution in [2.24, 2.45) is 0 Å². The molecule has 1 aliphatic heterocycles. The van der Waals surface area contributed by atoms with E-state index in [1.54, 1.807) is 11.3 Å². The molecule has 1 aromatic rings. The number of carbonyl (C=O) groups excluding carboxylic acids is 2. The molecule has 1 saturated carbocycles. The van der Waals surface area contributed by atoms with E-state index in [-0.39, 0.29) is 24.0 Å². The Morgan fingerprint density at radius 1 is 1.19 bits per heavy atom. The Bertz CT molecular complexity index is 639. The molecule has 27 heavy (non-hydrogen) atoms. The quantitative estimate of drug-likeness (QED) is 0.780. The Labute approximate surface area is 170 Å². The number of rotatable bonds is 5. The summed E-state index contributed by atoms with van der Waals surface area (Å²) in [5, 5.41) is 5.46. The standard InChI is InChI=1S/C19H29ClN4O2S/c1-14(18(25)22-19(26)21-15-5-3-2-4-6-15)24-11-9-23(10-12-24)13-16-7-8-17(20)27-16/h7-8,14-15H,2-6,9-13H2,1H3,(H2,21,22,25,26)/t14-/m1/s1. The van der Waals surface area contributed by atoms with E-state index in [1.807, 2.05) is 13.0 Å². The summed E-state index contributed by atoms with van der Waals surface area (Å²) in [6.07, 6.45) is 5.55. The van der Waals surface area contributed by atoms with Crippen LogP contribution in [0.5, 0.6) is 0 Å². The second-order valence-electron chi connectivity index (χ2n) is 7.49. The summed E-state index contributed by atoms with van der Waals surface area (Å²) in [5.41, 5.74) is 0. The monoisotopic (exact) mass is 412 g/mol. The molecule has 0 unspecified atom stereocenters. The first kappa shape index (κ1) is 20.6. The number of piperazine rings is 1. The lowest BCUT2D eigenvalue weighted by atomic mass is 9.96. The molecule has 1 aliphatic carbocycles. The number of thiophene rings is 1. The summed E-state index contributed by atoms with van der Waals surface area (Å²) in [7, 11) is 0. The molecule has 0 spiro atoms. The number of nitrogens with one attached hydrogen (secondary N) is 2. The molecule has 1 aromatic heterocycles. The average molecular weight is 413 g/mol. The van der Waals surface area contributed by atoms with Crippen LogP contribution in [-0.4, -0.2) is 60.0 Å². The zero-order valence-corrected chi connectivity index (χ0v) is 17.5. The molecule has 0 bridgehead atoms. The van der Waals surface area contributed by atoms with Crippen LogP contribution in [0.15, 0.2) is 12.1 Å². The molecule has 0 aromatic carbocycles. The molecule has 3 amide bonds. The minimum absolute atomic E-state index is 0.205. The van der Waals surface area contributed by atoms with Gasteiger partial charge in [0.25, 0.3) is 0 Å². The van der Waals surface area contributed by atoms with Crippen LogP contribution in [0.4, 0.5) is 4.79 Å². The topological polar surface area (TPSA) is 64.7 Å². The van der Waals surface area contributed by atoms with E-state index in [1.165, 1.54) is 11.3 Å². The van der Waals surface area contributed by atoms with Crippen molar-refractivity contribution < 1.29 is 9.59 Å². The van der Waals surface area contributed by atoms with Crippen molar-refractivity contribution in [3.63, 3.8) is 0 Å². The Morgan fingerprint density at radius 3 is 2.52 bits per heavy atom. The lowest BCUT2D eigenvalue weighted by Gasteiger charge is -2.37. The van der Waals surface area contributed by atoms with E-state index < -0.39 is 0 Å². The Hall–Kier alpha value is -1.15. The van der Waals surface area contributed by atoms with Gasteiger partial charge in [-0.05, 0) is 31.9 Å². The number of carbonyl (C=O) groups is 2. The predicted octanol–water partition coefficient (Wildman–Crippen LogP) is 3.07.